The number of fused-ring (bicyclic) bond motifs is 1. The van der Waals surface area contributed by atoms with Crippen LogP contribution in [-0.2, 0) is 17.8 Å². The van der Waals surface area contributed by atoms with Crippen LogP contribution < -0.4 is 5.32 Å². The van der Waals surface area contributed by atoms with Gasteiger partial charge in [-0.1, -0.05) is 18.2 Å². The van der Waals surface area contributed by atoms with Crippen LogP contribution in [0.1, 0.15) is 27.9 Å². The van der Waals surface area contributed by atoms with Crippen LogP contribution in [0.5, 0.6) is 0 Å². The van der Waals surface area contributed by atoms with Gasteiger partial charge in [-0.3, -0.25) is 9.78 Å². The molecule has 29 heavy (non-hydrogen) atoms. The van der Waals surface area contributed by atoms with Crippen LogP contribution in [-0.4, -0.2) is 20.3 Å². The number of aryl methyl sites for hydroxylation is 3. The lowest BCUT2D eigenvalue weighted by Gasteiger charge is -2.09. The molecule has 4 aromatic rings. The Morgan fingerprint density at radius 1 is 1.00 bits per heavy atom. The van der Waals surface area contributed by atoms with E-state index in [0.29, 0.717) is 6.54 Å². The molecular formula is C24H24N4O. The first-order valence-electron chi connectivity index (χ1n) is 9.72. The second kappa shape index (κ2) is 7.87. The number of carbonyl (C=O) groups is 1. The number of hydrogen-bond acceptors (Lipinski definition) is 3. The summed E-state index contributed by atoms with van der Waals surface area (Å²) in [6.45, 7) is 6.72. The molecule has 3 heterocycles. The number of imidazole rings is 1. The van der Waals surface area contributed by atoms with E-state index in [9.17, 15) is 4.79 Å². The number of hydrogen-bond donors (Lipinski definition) is 1. The van der Waals surface area contributed by atoms with Crippen molar-refractivity contribution in [2.45, 2.75) is 33.7 Å². The van der Waals surface area contributed by atoms with E-state index in [1.165, 1.54) is 11.1 Å². The summed E-state index contributed by atoms with van der Waals surface area (Å²) in [6, 6.07) is 14.2. The molecule has 1 aromatic carbocycles. The molecule has 1 N–H and O–H groups in total. The van der Waals surface area contributed by atoms with E-state index in [-0.39, 0.29) is 12.3 Å². The minimum atomic E-state index is -0.0322. The Morgan fingerprint density at radius 3 is 2.55 bits per heavy atom. The number of benzene rings is 1. The molecule has 3 aromatic heterocycles. The molecule has 0 aliphatic heterocycles. The van der Waals surface area contributed by atoms with Gasteiger partial charge in [-0.05, 0) is 67.3 Å². The summed E-state index contributed by atoms with van der Waals surface area (Å²) in [4.78, 5) is 21.7. The number of nitrogens with zero attached hydrogens (tertiary/aromatic N) is 3. The highest BCUT2D eigenvalue weighted by Gasteiger charge is 2.18. The maximum absolute atomic E-state index is 12.7. The third-order valence-corrected chi connectivity index (χ3v) is 5.29. The topological polar surface area (TPSA) is 59.3 Å². The van der Waals surface area contributed by atoms with Crippen molar-refractivity contribution in [1.82, 2.24) is 19.7 Å². The summed E-state index contributed by atoms with van der Waals surface area (Å²) in [5, 5.41) is 3.01. The highest BCUT2D eigenvalue weighted by Crippen LogP contribution is 2.28. The molecule has 0 spiro atoms. The number of aromatic nitrogens is 3. The molecule has 0 bridgehead atoms. The molecule has 0 atom stereocenters. The number of amides is 1. The lowest BCUT2D eigenvalue weighted by molar-refractivity contribution is -0.120. The van der Waals surface area contributed by atoms with Gasteiger partial charge in [-0.15, -0.1) is 0 Å². The van der Waals surface area contributed by atoms with Gasteiger partial charge in [0, 0.05) is 30.7 Å². The fourth-order valence-corrected chi connectivity index (χ4v) is 3.46. The third-order valence-electron chi connectivity index (χ3n) is 5.29. The molecule has 5 nitrogen and oxygen atoms in total. The molecule has 0 fully saturated rings. The molecule has 0 aliphatic carbocycles. The first kappa shape index (κ1) is 18.9. The van der Waals surface area contributed by atoms with Gasteiger partial charge in [0.1, 0.15) is 5.65 Å². The first-order valence-corrected chi connectivity index (χ1v) is 9.72. The van der Waals surface area contributed by atoms with Crippen LogP contribution in [0.15, 0.2) is 61.1 Å². The van der Waals surface area contributed by atoms with Gasteiger partial charge in [0.25, 0.3) is 0 Å². The molecule has 0 radical (unpaired) electrons. The van der Waals surface area contributed by atoms with E-state index in [4.69, 9.17) is 4.98 Å². The van der Waals surface area contributed by atoms with Crippen molar-refractivity contribution in [3.8, 4) is 11.3 Å². The number of rotatable bonds is 5. The van der Waals surface area contributed by atoms with Crippen LogP contribution in [0.2, 0.25) is 0 Å². The zero-order chi connectivity index (χ0) is 20.4. The zero-order valence-corrected chi connectivity index (χ0v) is 16.9. The molecule has 0 aliphatic rings. The molecule has 0 saturated heterocycles. The van der Waals surface area contributed by atoms with Gasteiger partial charge in [-0.25, -0.2) is 4.98 Å². The van der Waals surface area contributed by atoms with Crippen LogP contribution >= 0.6 is 0 Å². The first-order chi connectivity index (χ1) is 14.0. The zero-order valence-electron chi connectivity index (χ0n) is 16.9. The highest BCUT2D eigenvalue weighted by atomic mass is 16.1. The second-order valence-corrected chi connectivity index (χ2v) is 7.40. The Balaban J connectivity index is 1.69. The predicted octanol–water partition coefficient (Wildman–Crippen LogP) is 4.18. The Morgan fingerprint density at radius 2 is 1.79 bits per heavy atom. The largest absolute Gasteiger partial charge is 0.352 e. The van der Waals surface area contributed by atoms with Gasteiger partial charge >= 0.3 is 0 Å². The van der Waals surface area contributed by atoms with Crippen molar-refractivity contribution < 1.29 is 4.79 Å². The smallest absolute Gasteiger partial charge is 0.226 e. The van der Waals surface area contributed by atoms with Crippen LogP contribution in [0.3, 0.4) is 0 Å². The van der Waals surface area contributed by atoms with E-state index in [1.54, 1.807) is 12.4 Å². The Kier molecular flexibility index (Phi) is 5.12. The maximum atomic E-state index is 12.7. The van der Waals surface area contributed by atoms with Gasteiger partial charge in [0.15, 0.2) is 0 Å². The molecule has 1 amide bonds. The lowest BCUT2D eigenvalue weighted by atomic mass is 10.0. The normalized spacial score (nSPS) is 11.0. The van der Waals surface area contributed by atoms with Gasteiger partial charge < -0.3 is 9.72 Å². The summed E-state index contributed by atoms with van der Waals surface area (Å²) in [5.41, 5.74) is 8.25. The fraction of sp³-hybridized carbons (Fsp3) is 0.208. The van der Waals surface area contributed by atoms with Crippen LogP contribution in [0.25, 0.3) is 16.9 Å². The third kappa shape index (κ3) is 3.90. The van der Waals surface area contributed by atoms with E-state index in [1.807, 2.05) is 41.8 Å². The summed E-state index contributed by atoms with van der Waals surface area (Å²) < 4.78 is 2.03. The van der Waals surface area contributed by atoms with Gasteiger partial charge in [0.05, 0.1) is 17.8 Å². The average molecular weight is 384 g/mol. The van der Waals surface area contributed by atoms with Gasteiger partial charge in [0.2, 0.25) is 5.91 Å². The SMILES string of the molecule is Cc1ccc(-c2nc3c(C)cccn3c2CC(=O)NCc2ccncc2)cc1C. The van der Waals surface area contributed by atoms with E-state index in [2.05, 4.69) is 42.3 Å². The summed E-state index contributed by atoms with van der Waals surface area (Å²) in [7, 11) is 0. The fourth-order valence-electron chi connectivity index (χ4n) is 3.46. The molecule has 0 saturated carbocycles. The molecule has 4 rings (SSSR count). The van der Waals surface area contributed by atoms with Crippen molar-refractivity contribution >= 4 is 11.6 Å². The van der Waals surface area contributed by atoms with E-state index >= 15 is 0 Å². The quantitative estimate of drug-likeness (QED) is 0.561. The summed E-state index contributed by atoms with van der Waals surface area (Å²) in [5.74, 6) is -0.0322. The number of nitrogens with one attached hydrogen (secondary N) is 1. The van der Waals surface area contributed by atoms with E-state index in [0.717, 1.165) is 33.7 Å². The molecule has 5 heteroatoms. The van der Waals surface area contributed by atoms with Crippen molar-refractivity contribution in [3.63, 3.8) is 0 Å². The van der Waals surface area contributed by atoms with Gasteiger partial charge in [-0.2, -0.15) is 0 Å². The molecular weight excluding hydrogens is 360 g/mol. The standard InChI is InChI=1S/C24H24N4O/c1-16-6-7-20(13-18(16)3)23-21(28-12-4-5-17(2)24(28)27-23)14-22(29)26-15-19-8-10-25-11-9-19/h4-13H,14-15H2,1-3H3,(H,26,29). The van der Waals surface area contributed by atoms with Crippen LogP contribution in [0.4, 0.5) is 0 Å². The lowest BCUT2D eigenvalue weighted by Crippen LogP contribution is -2.25. The highest BCUT2D eigenvalue weighted by molar-refractivity contribution is 5.82. The second-order valence-electron chi connectivity index (χ2n) is 7.40. The van der Waals surface area contributed by atoms with Crippen molar-refractivity contribution in [2.75, 3.05) is 0 Å². The minimum absolute atomic E-state index is 0.0322. The monoisotopic (exact) mass is 384 g/mol. The molecule has 146 valence electrons. The maximum Gasteiger partial charge on any atom is 0.226 e. The van der Waals surface area contributed by atoms with E-state index < -0.39 is 0 Å². The van der Waals surface area contributed by atoms with Crippen molar-refractivity contribution in [1.29, 1.82) is 0 Å². The van der Waals surface area contributed by atoms with Crippen molar-refractivity contribution in [3.05, 3.63) is 89.0 Å². The minimum Gasteiger partial charge on any atom is -0.352 e. The summed E-state index contributed by atoms with van der Waals surface area (Å²) in [6.07, 6.45) is 5.70. The predicted molar refractivity (Wildman–Crippen MR) is 115 cm³/mol. The number of pyridine rings is 2. The number of carbonyl (C=O) groups excluding carboxylic acids is 1. The molecule has 0 unspecified atom stereocenters. The Labute approximate surface area is 170 Å². The average Bonchev–Trinajstić information content (AvgIpc) is 3.09. The Bertz CT molecular complexity index is 1180. The summed E-state index contributed by atoms with van der Waals surface area (Å²) >= 11 is 0. The van der Waals surface area contributed by atoms with Crippen molar-refractivity contribution in [2.24, 2.45) is 0 Å². The Hall–Kier alpha value is -3.47. The van der Waals surface area contributed by atoms with Crippen LogP contribution in [0, 0.1) is 20.8 Å².